The Morgan fingerprint density at radius 3 is 2.38 bits per heavy atom. The van der Waals surface area contributed by atoms with Crippen molar-refractivity contribution in [2.24, 2.45) is 5.92 Å². The van der Waals surface area contributed by atoms with Gasteiger partial charge in [-0.1, -0.05) is 58.0 Å². The van der Waals surface area contributed by atoms with Crippen molar-refractivity contribution in [1.82, 2.24) is 0 Å². The molecule has 1 saturated heterocycles. The van der Waals surface area contributed by atoms with Crippen LogP contribution in [0.25, 0.3) is 0 Å². The highest BCUT2D eigenvalue weighted by molar-refractivity contribution is 6.01. The number of amides is 1. The van der Waals surface area contributed by atoms with Crippen LogP contribution in [0.1, 0.15) is 62.3 Å². The number of carbonyl (C=O) groups excluding carboxylic acids is 2. The van der Waals surface area contributed by atoms with Gasteiger partial charge in [-0.25, -0.2) is 0 Å². The second-order valence-electron chi connectivity index (χ2n) is 8.15. The highest BCUT2D eigenvalue weighted by Crippen LogP contribution is 2.34. The van der Waals surface area contributed by atoms with E-state index in [2.05, 4.69) is 39.8 Å². The Kier molecular flexibility index (Phi) is 6.41. The SMILES string of the molecule is CCc1cccc(CC)c1N1C[C@@H](C(=O)Oc2cc(C)ccc2C(C)C)CC1=O. The van der Waals surface area contributed by atoms with Gasteiger partial charge in [0.15, 0.2) is 0 Å². The molecule has 0 saturated carbocycles. The number of esters is 1. The van der Waals surface area contributed by atoms with E-state index in [0.29, 0.717) is 12.3 Å². The van der Waals surface area contributed by atoms with Crippen LogP contribution in [0.4, 0.5) is 5.69 Å². The highest BCUT2D eigenvalue weighted by atomic mass is 16.5. The standard InChI is InChI=1S/C25H31NO3/c1-6-18-9-8-10-19(7-2)24(18)26-15-20(14-23(26)27)25(28)29-22-13-17(5)11-12-21(22)16(3)4/h8-13,16,20H,6-7,14-15H2,1-5H3/t20-/m0/s1. The maximum atomic E-state index is 12.9. The number of aryl methyl sites for hydroxylation is 3. The van der Waals surface area contributed by atoms with Crippen LogP contribution >= 0.6 is 0 Å². The third-order valence-electron chi connectivity index (χ3n) is 5.69. The molecular weight excluding hydrogens is 362 g/mol. The first kappa shape index (κ1) is 21.1. The smallest absolute Gasteiger partial charge is 0.316 e. The number of ether oxygens (including phenoxy) is 1. The number of hydrogen-bond donors (Lipinski definition) is 0. The van der Waals surface area contributed by atoms with E-state index in [1.807, 2.05) is 31.2 Å². The summed E-state index contributed by atoms with van der Waals surface area (Å²) in [5.41, 5.74) is 5.33. The van der Waals surface area contributed by atoms with Gasteiger partial charge in [0.2, 0.25) is 5.91 Å². The van der Waals surface area contributed by atoms with E-state index in [1.165, 1.54) is 0 Å². The van der Waals surface area contributed by atoms with Gasteiger partial charge in [-0.05, 0) is 54.0 Å². The molecule has 2 aromatic carbocycles. The van der Waals surface area contributed by atoms with Gasteiger partial charge in [0, 0.05) is 18.7 Å². The number of anilines is 1. The minimum Gasteiger partial charge on any atom is -0.426 e. The van der Waals surface area contributed by atoms with E-state index in [9.17, 15) is 9.59 Å². The zero-order valence-electron chi connectivity index (χ0n) is 18.1. The lowest BCUT2D eigenvalue weighted by Gasteiger charge is -2.23. The first-order valence-electron chi connectivity index (χ1n) is 10.6. The highest BCUT2D eigenvalue weighted by Gasteiger charge is 2.38. The quantitative estimate of drug-likeness (QED) is 0.500. The van der Waals surface area contributed by atoms with Crippen molar-refractivity contribution in [3.05, 3.63) is 58.7 Å². The Labute approximate surface area is 173 Å². The van der Waals surface area contributed by atoms with Crippen LogP contribution < -0.4 is 9.64 Å². The van der Waals surface area contributed by atoms with Crippen molar-refractivity contribution in [2.45, 2.75) is 59.8 Å². The molecule has 0 spiro atoms. The number of para-hydroxylation sites is 1. The molecule has 4 nitrogen and oxygen atoms in total. The van der Waals surface area contributed by atoms with Gasteiger partial charge in [-0.15, -0.1) is 0 Å². The number of rotatable bonds is 6. The fourth-order valence-corrected chi connectivity index (χ4v) is 4.04. The summed E-state index contributed by atoms with van der Waals surface area (Å²) in [5.74, 6) is 0.0941. The molecule has 1 aliphatic rings. The Morgan fingerprint density at radius 1 is 1.14 bits per heavy atom. The number of hydrogen-bond acceptors (Lipinski definition) is 3. The fraction of sp³-hybridized carbons (Fsp3) is 0.440. The second-order valence-corrected chi connectivity index (χ2v) is 8.15. The molecule has 0 aromatic heterocycles. The molecule has 1 atom stereocenters. The summed E-state index contributed by atoms with van der Waals surface area (Å²) < 4.78 is 5.80. The Morgan fingerprint density at radius 2 is 1.79 bits per heavy atom. The molecule has 0 aliphatic carbocycles. The maximum Gasteiger partial charge on any atom is 0.316 e. The van der Waals surface area contributed by atoms with Gasteiger partial charge in [-0.3, -0.25) is 9.59 Å². The molecule has 29 heavy (non-hydrogen) atoms. The first-order valence-corrected chi connectivity index (χ1v) is 10.6. The molecule has 0 N–H and O–H groups in total. The normalized spacial score (nSPS) is 16.6. The Balaban J connectivity index is 1.83. The lowest BCUT2D eigenvalue weighted by Crippen LogP contribution is -2.29. The van der Waals surface area contributed by atoms with E-state index in [-0.39, 0.29) is 24.2 Å². The summed E-state index contributed by atoms with van der Waals surface area (Å²) in [6, 6.07) is 12.1. The largest absolute Gasteiger partial charge is 0.426 e. The van der Waals surface area contributed by atoms with Crippen LogP contribution in [-0.2, 0) is 22.4 Å². The topological polar surface area (TPSA) is 46.6 Å². The molecule has 3 rings (SSSR count). The molecule has 4 heteroatoms. The maximum absolute atomic E-state index is 12.9. The minimum atomic E-state index is -0.447. The molecule has 2 aromatic rings. The van der Waals surface area contributed by atoms with Crippen molar-refractivity contribution in [3.63, 3.8) is 0 Å². The van der Waals surface area contributed by atoms with Crippen molar-refractivity contribution in [3.8, 4) is 5.75 Å². The van der Waals surface area contributed by atoms with Crippen molar-refractivity contribution in [1.29, 1.82) is 0 Å². The predicted octanol–water partition coefficient (Wildman–Crippen LogP) is 5.20. The van der Waals surface area contributed by atoms with E-state index in [4.69, 9.17) is 4.74 Å². The van der Waals surface area contributed by atoms with Crippen LogP contribution in [0.3, 0.4) is 0 Å². The average Bonchev–Trinajstić information content (AvgIpc) is 3.08. The second kappa shape index (κ2) is 8.81. The van der Waals surface area contributed by atoms with Crippen LogP contribution in [0, 0.1) is 12.8 Å². The minimum absolute atomic E-state index is 0.00382. The van der Waals surface area contributed by atoms with Gasteiger partial charge in [0.25, 0.3) is 0 Å². The van der Waals surface area contributed by atoms with Gasteiger partial charge in [0.05, 0.1) is 5.92 Å². The summed E-state index contributed by atoms with van der Waals surface area (Å²) in [4.78, 5) is 27.6. The number of benzene rings is 2. The molecule has 154 valence electrons. The van der Waals surface area contributed by atoms with Crippen LogP contribution in [0.2, 0.25) is 0 Å². The van der Waals surface area contributed by atoms with E-state index < -0.39 is 5.92 Å². The number of carbonyl (C=O) groups is 2. The van der Waals surface area contributed by atoms with Gasteiger partial charge in [0.1, 0.15) is 5.75 Å². The molecule has 1 amide bonds. The van der Waals surface area contributed by atoms with E-state index >= 15 is 0 Å². The molecule has 1 heterocycles. The first-order chi connectivity index (χ1) is 13.8. The molecular formula is C25H31NO3. The van der Waals surface area contributed by atoms with Crippen molar-refractivity contribution >= 4 is 17.6 Å². The summed E-state index contributed by atoms with van der Waals surface area (Å²) in [6.07, 6.45) is 1.90. The van der Waals surface area contributed by atoms with Gasteiger partial charge >= 0.3 is 5.97 Å². The monoisotopic (exact) mass is 393 g/mol. The summed E-state index contributed by atoms with van der Waals surface area (Å²) in [6.45, 7) is 10.7. The Hall–Kier alpha value is -2.62. The van der Waals surface area contributed by atoms with E-state index in [1.54, 1.807) is 4.90 Å². The molecule has 0 bridgehead atoms. The van der Waals surface area contributed by atoms with Gasteiger partial charge in [-0.2, -0.15) is 0 Å². The molecule has 0 radical (unpaired) electrons. The average molecular weight is 394 g/mol. The molecule has 1 fully saturated rings. The Bertz CT molecular complexity index is 894. The van der Waals surface area contributed by atoms with Gasteiger partial charge < -0.3 is 9.64 Å². The van der Waals surface area contributed by atoms with Crippen LogP contribution in [0.5, 0.6) is 5.75 Å². The third-order valence-corrected chi connectivity index (χ3v) is 5.69. The summed E-state index contributed by atoms with van der Waals surface area (Å²) in [7, 11) is 0. The zero-order chi connectivity index (χ0) is 21.1. The fourth-order valence-electron chi connectivity index (χ4n) is 4.04. The molecule has 1 aliphatic heterocycles. The lowest BCUT2D eigenvalue weighted by atomic mass is 10.0. The van der Waals surface area contributed by atoms with Crippen molar-refractivity contribution < 1.29 is 14.3 Å². The molecule has 0 unspecified atom stereocenters. The van der Waals surface area contributed by atoms with Crippen molar-refractivity contribution in [2.75, 3.05) is 11.4 Å². The van der Waals surface area contributed by atoms with Crippen LogP contribution in [0.15, 0.2) is 36.4 Å². The zero-order valence-corrected chi connectivity index (χ0v) is 18.1. The summed E-state index contributed by atoms with van der Waals surface area (Å²) in [5, 5.41) is 0. The van der Waals surface area contributed by atoms with Crippen LogP contribution in [-0.4, -0.2) is 18.4 Å². The predicted molar refractivity (Wildman–Crippen MR) is 117 cm³/mol. The number of nitrogens with zero attached hydrogens (tertiary/aromatic N) is 1. The summed E-state index contributed by atoms with van der Waals surface area (Å²) >= 11 is 0. The van der Waals surface area contributed by atoms with E-state index in [0.717, 1.165) is 40.8 Å². The lowest BCUT2D eigenvalue weighted by molar-refractivity contribution is -0.139. The third kappa shape index (κ3) is 4.36.